The molecule has 1 atom stereocenters. The summed E-state index contributed by atoms with van der Waals surface area (Å²) < 4.78 is 13.6. The van der Waals surface area contributed by atoms with Crippen molar-refractivity contribution in [3.63, 3.8) is 0 Å². The van der Waals surface area contributed by atoms with Crippen molar-refractivity contribution in [1.29, 1.82) is 0 Å². The topological polar surface area (TPSA) is 0 Å². The summed E-state index contributed by atoms with van der Waals surface area (Å²) in [4.78, 5) is 1.17. The third-order valence-electron chi connectivity index (χ3n) is 3.04. The zero-order valence-corrected chi connectivity index (χ0v) is 12.2. The Hall–Kier alpha value is -0.500. The molecule has 0 saturated carbocycles. The van der Waals surface area contributed by atoms with Gasteiger partial charge in [0.2, 0.25) is 0 Å². The van der Waals surface area contributed by atoms with Gasteiger partial charge in [-0.1, -0.05) is 63.6 Å². The van der Waals surface area contributed by atoms with Crippen LogP contribution in [0.5, 0.6) is 0 Å². The first-order chi connectivity index (χ1) is 8.83. The lowest BCUT2D eigenvalue weighted by molar-refractivity contribution is 0.335. The fourth-order valence-electron chi connectivity index (χ4n) is 1.93. The van der Waals surface area contributed by atoms with Gasteiger partial charge < -0.3 is 0 Å². The second-order valence-corrected chi connectivity index (χ2v) is 5.87. The van der Waals surface area contributed by atoms with E-state index in [2.05, 4.69) is 6.92 Å². The SMILES string of the molecule is CCCCCCCCC(F)CSc1ccccc1. The molecule has 0 aliphatic rings. The monoisotopic (exact) mass is 268 g/mol. The Morgan fingerprint density at radius 3 is 2.39 bits per heavy atom. The van der Waals surface area contributed by atoms with Crippen LogP contribution >= 0.6 is 11.8 Å². The average molecular weight is 268 g/mol. The van der Waals surface area contributed by atoms with Crippen LogP contribution < -0.4 is 0 Å². The Morgan fingerprint density at radius 1 is 1.00 bits per heavy atom. The highest BCUT2D eigenvalue weighted by molar-refractivity contribution is 7.99. The lowest BCUT2D eigenvalue weighted by Gasteiger charge is -2.07. The summed E-state index contributed by atoms with van der Waals surface area (Å²) in [7, 11) is 0. The van der Waals surface area contributed by atoms with E-state index in [9.17, 15) is 4.39 Å². The highest BCUT2D eigenvalue weighted by Crippen LogP contribution is 2.21. The fourth-order valence-corrected chi connectivity index (χ4v) is 2.82. The van der Waals surface area contributed by atoms with Crippen LogP contribution in [-0.4, -0.2) is 11.9 Å². The predicted molar refractivity (Wildman–Crippen MR) is 80.1 cm³/mol. The summed E-state index contributed by atoms with van der Waals surface area (Å²) in [6.45, 7) is 2.22. The molecule has 102 valence electrons. The van der Waals surface area contributed by atoms with E-state index in [-0.39, 0.29) is 0 Å². The smallest absolute Gasteiger partial charge is 0.109 e. The predicted octanol–water partition coefficient (Wildman–Crippen LogP) is 5.87. The van der Waals surface area contributed by atoms with Gasteiger partial charge in [0.15, 0.2) is 0 Å². The fraction of sp³-hybridized carbons (Fsp3) is 0.625. The van der Waals surface area contributed by atoms with Crippen LogP contribution in [0.25, 0.3) is 0 Å². The van der Waals surface area contributed by atoms with Crippen LogP contribution in [0.1, 0.15) is 51.9 Å². The van der Waals surface area contributed by atoms with E-state index < -0.39 is 6.17 Å². The largest absolute Gasteiger partial charge is 0.247 e. The first-order valence-corrected chi connectivity index (χ1v) is 8.13. The van der Waals surface area contributed by atoms with Crippen LogP contribution in [0.3, 0.4) is 0 Å². The Labute approximate surface area is 115 Å². The maximum Gasteiger partial charge on any atom is 0.109 e. The average Bonchev–Trinajstić information content (AvgIpc) is 2.41. The van der Waals surface area contributed by atoms with Crippen LogP contribution in [0, 0.1) is 0 Å². The Bertz CT molecular complexity index is 286. The number of hydrogen-bond donors (Lipinski definition) is 0. The Balaban J connectivity index is 1.99. The molecule has 0 heterocycles. The first-order valence-electron chi connectivity index (χ1n) is 7.15. The molecule has 1 aromatic rings. The summed E-state index contributed by atoms with van der Waals surface area (Å²) in [5.41, 5.74) is 0. The molecule has 0 spiro atoms. The van der Waals surface area contributed by atoms with Crippen LogP contribution in [0.15, 0.2) is 35.2 Å². The first kappa shape index (κ1) is 15.6. The molecule has 0 aliphatic heterocycles. The lowest BCUT2D eigenvalue weighted by Crippen LogP contribution is -2.03. The van der Waals surface area contributed by atoms with E-state index >= 15 is 0 Å². The summed E-state index contributed by atoms with van der Waals surface area (Å²) in [6.07, 6.45) is 7.49. The van der Waals surface area contributed by atoms with E-state index in [1.165, 1.54) is 37.0 Å². The molecular weight excluding hydrogens is 243 g/mol. The third kappa shape index (κ3) is 7.75. The highest BCUT2D eigenvalue weighted by Gasteiger charge is 2.06. The second-order valence-electron chi connectivity index (χ2n) is 4.78. The lowest BCUT2D eigenvalue weighted by atomic mass is 10.1. The molecular formula is C16H25FS. The summed E-state index contributed by atoms with van der Waals surface area (Å²) in [5.74, 6) is 0.596. The highest BCUT2D eigenvalue weighted by atomic mass is 32.2. The van der Waals surface area contributed by atoms with Gasteiger partial charge in [0, 0.05) is 10.6 Å². The van der Waals surface area contributed by atoms with Gasteiger partial charge in [-0.2, -0.15) is 0 Å². The molecule has 1 unspecified atom stereocenters. The molecule has 0 aliphatic carbocycles. The van der Waals surface area contributed by atoms with E-state index in [1.807, 2.05) is 30.3 Å². The number of hydrogen-bond acceptors (Lipinski definition) is 1. The number of thioether (sulfide) groups is 1. The van der Waals surface area contributed by atoms with Crippen LogP contribution in [0.4, 0.5) is 4.39 Å². The van der Waals surface area contributed by atoms with Gasteiger partial charge in [-0.25, -0.2) is 4.39 Å². The van der Waals surface area contributed by atoms with Crippen molar-refractivity contribution in [3.05, 3.63) is 30.3 Å². The number of benzene rings is 1. The quantitative estimate of drug-likeness (QED) is 0.378. The van der Waals surface area contributed by atoms with Crippen LogP contribution in [-0.2, 0) is 0 Å². The van der Waals surface area contributed by atoms with E-state index in [1.54, 1.807) is 11.8 Å². The van der Waals surface area contributed by atoms with E-state index in [0.717, 1.165) is 12.8 Å². The Kier molecular flexibility index (Phi) is 9.01. The van der Waals surface area contributed by atoms with Gasteiger partial charge in [-0.3, -0.25) is 0 Å². The summed E-state index contributed by atoms with van der Waals surface area (Å²) in [5, 5.41) is 0. The number of rotatable bonds is 10. The van der Waals surface area contributed by atoms with Gasteiger partial charge in [0.05, 0.1) is 0 Å². The van der Waals surface area contributed by atoms with Crippen molar-refractivity contribution >= 4 is 11.8 Å². The maximum atomic E-state index is 13.6. The van der Waals surface area contributed by atoms with Gasteiger partial charge in [-0.05, 0) is 18.6 Å². The standard InChI is InChI=1S/C16H25FS/c1-2-3-4-5-6-8-11-15(17)14-18-16-12-9-7-10-13-16/h7,9-10,12-13,15H,2-6,8,11,14H2,1H3. The molecule has 1 aromatic carbocycles. The van der Waals surface area contributed by atoms with Gasteiger partial charge >= 0.3 is 0 Å². The molecule has 0 N–H and O–H groups in total. The van der Waals surface area contributed by atoms with Gasteiger partial charge in [0.25, 0.3) is 0 Å². The van der Waals surface area contributed by atoms with Crippen molar-refractivity contribution < 1.29 is 4.39 Å². The van der Waals surface area contributed by atoms with Crippen molar-refractivity contribution in [3.8, 4) is 0 Å². The molecule has 0 radical (unpaired) electrons. The van der Waals surface area contributed by atoms with Crippen molar-refractivity contribution in [1.82, 2.24) is 0 Å². The van der Waals surface area contributed by atoms with Crippen molar-refractivity contribution in [2.75, 3.05) is 5.75 Å². The zero-order valence-electron chi connectivity index (χ0n) is 11.4. The summed E-state index contributed by atoms with van der Waals surface area (Å²) >= 11 is 1.63. The van der Waals surface area contributed by atoms with E-state index in [0.29, 0.717) is 5.75 Å². The Morgan fingerprint density at radius 2 is 1.67 bits per heavy atom. The van der Waals surface area contributed by atoms with Crippen molar-refractivity contribution in [2.24, 2.45) is 0 Å². The van der Waals surface area contributed by atoms with E-state index in [4.69, 9.17) is 0 Å². The van der Waals surface area contributed by atoms with Crippen molar-refractivity contribution in [2.45, 2.75) is 62.9 Å². The molecule has 2 heteroatoms. The second kappa shape index (κ2) is 10.4. The minimum atomic E-state index is -0.651. The number of halogens is 1. The number of alkyl halides is 1. The zero-order chi connectivity index (χ0) is 13.1. The van der Waals surface area contributed by atoms with Crippen LogP contribution in [0.2, 0.25) is 0 Å². The molecule has 1 rings (SSSR count). The molecule has 18 heavy (non-hydrogen) atoms. The third-order valence-corrected chi connectivity index (χ3v) is 4.18. The molecule has 0 saturated heterocycles. The van der Waals surface area contributed by atoms with Gasteiger partial charge in [0.1, 0.15) is 6.17 Å². The van der Waals surface area contributed by atoms with Gasteiger partial charge in [-0.15, -0.1) is 11.8 Å². The minimum Gasteiger partial charge on any atom is -0.247 e. The molecule has 0 aromatic heterocycles. The maximum absolute atomic E-state index is 13.6. The molecule has 0 bridgehead atoms. The summed E-state index contributed by atoms with van der Waals surface area (Å²) in [6, 6.07) is 10.1. The molecule has 0 fully saturated rings. The minimum absolute atomic E-state index is 0.596. The number of unbranched alkanes of at least 4 members (excludes halogenated alkanes) is 5. The molecule has 0 amide bonds. The normalized spacial score (nSPS) is 12.6. The molecule has 0 nitrogen and oxygen atoms in total.